The zero-order valence-electron chi connectivity index (χ0n) is 16.3. The van der Waals surface area contributed by atoms with Crippen molar-refractivity contribution in [2.24, 2.45) is 10.4 Å². The lowest BCUT2D eigenvalue weighted by Gasteiger charge is -2.24. The third-order valence-electron chi connectivity index (χ3n) is 5.43. The van der Waals surface area contributed by atoms with Crippen molar-refractivity contribution in [2.75, 3.05) is 40.5 Å². The number of hydrogen-bond acceptors (Lipinski definition) is 5. The maximum atomic E-state index is 5.61. The number of ether oxygens (including phenoxy) is 2. The van der Waals surface area contributed by atoms with E-state index >= 15 is 0 Å². The van der Waals surface area contributed by atoms with E-state index in [9.17, 15) is 0 Å². The highest BCUT2D eigenvalue weighted by Gasteiger charge is 2.42. The van der Waals surface area contributed by atoms with Crippen LogP contribution in [0.5, 0.6) is 5.75 Å². The normalized spacial score (nSPS) is 21.8. The minimum atomic E-state index is 0. The van der Waals surface area contributed by atoms with E-state index in [0.717, 1.165) is 62.2 Å². The molecule has 28 heavy (non-hydrogen) atoms. The molecule has 2 aromatic rings. The number of halogens is 1. The van der Waals surface area contributed by atoms with Gasteiger partial charge < -0.3 is 19.7 Å². The number of nitrogens with one attached hydrogen (secondary N) is 2. The molecule has 1 aromatic heterocycles. The Morgan fingerprint density at radius 2 is 2.18 bits per heavy atom. The standard InChI is InChI=1S/C19H26N6O2.HI/c1-20-18(25-9-7-19(12-25)8-10-27-13-19)21-11-16-22-17(24-23-16)14-3-5-15(26-2)6-4-14;/h3-6H,7-13H2,1-2H3,(H,20,21)(H,22,23,24);1H. The summed E-state index contributed by atoms with van der Waals surface area (Å²) in [7, 11) is 3.47. The molecule has 0 amide bonds. The number of aliphatic imine (C=N–C) groups is 1. The zero-order chi connectivity index (χ0) is 18.7. The van der Waals surface area contributed by atoms with Crippen LogP contribution in [0.25, 0.3) is 11.4 Å². The Balaban J connectivity index is 0.00000225. The minimum Gasteiger partial charge on any atom is -0.497 e. The fourth-order valence-electron chi connectivity index (χ4n) is 3.83. The second-order valence-electron chi connectivity index (χ2n) is 7.21. The van der Waals surface area contributed by atoms with Crippen LogP contribution in [-0.2, 0) is 11.3 Å². The van der Waals surface area contributed by atoms with Crippen molar-refractivity contribution in [3.63, 3.8) is 0 Å². The number of nitrogens with zero attached hydrogens (tertiary/aromatic N) is 4. The molecule has 0 radical (unpaired) electrons. The average molecular weight is 498 g/mol. The number of benzene rings is 1. The summed E-state index contributed by atoms with van der Waals surface area (Å²) in [4.78, 5) is 11.3. The molecular weight excluding hydrogens is 471 g/mol. The molecule has 0 aliphatic carbocycles. The van der Waals surface area contributed by atoms with Crippen molar-refractivity contribution in [3.8, 4) is 17.1 Å². The first-order valence-electron chi connectivity index (χ1n) is 9.30. The molecule has 0 saturated carbocycles. The van der Waals surface area contributed by atoms with Gasteiger partial charge in [-0.05, 0) is 37.1 Å². The quantitative estimate of drug-likeness (QED) is 0.382. The number of rotatable bonds is 4. The lowest BCUT2D eigenvalue weighted by atomic mass is 9.87. The summed E-state index contributed by atoms with van der Waals surface area (Å²) in [5.41, 5.74) is 1.26. The molecule has 2 fully saturated rings. The van der Waals surface area contributed by atoms with Crippen LogP contribution < -0.4 is 10.1 Å². The van der Waals surface area contributed by atoms with Crippen molar-refractivity contribution < 1.29 is 9.47 Å². The fourth-order valence-corrected chi connectivity index (χ4v) is 3.83. The number of aromatic amines is 1. The molecule has 1 spiro atoms. The summed E-state index contributed by atoms with van der Waals surface area (Å²) in [5.74, 6) is 3.17. The van der Waals surface area contributed by atoms with Crippen LogP contribution in [0.15, 0.2) is 29.3 Å². The first kappa shape index (κ1) is 20.8. The van der Waals surface area contributed by atoms with Crippen LogP contribution in [0, 0.1) is 5.41 Å². The molecule has 2 saturated heterocycles. The van der Waals surface area contributed by atoms with E-state index in [1.165, 1.54) is 0 Å². The molecular formula is C19H27IN6O2. The Labute approximate surface area is 182 Å². The van der Waals surface area contributed by atoms with Gasteiger partial charge in [0.25, 0.3) is 0 Å². The molecule has 1 atom stereocenters. The first-order chi connectivity index (χ1) is 13.2. The molecule has 1 unspecified atom stereocenters. The van der Waals surface area contributed by atoms with Crippen LogP contribution >= 0.6 is 24.0 Å². The van der Waals surface area contributed by atoms with Gasteiger partial charge in [-0.2, -0.15) is 5.10 Å². The van der Waals surface area contributed by atoms with Gasteiger partial charge in [-0.1, -0.05) is 0 Å². The monoisotopic (exact) mass is 498 g/mol. The largest absolute Gasteiger partial charge is 0.497 e. The van der Waals surface area contributed by atoms with Crippen molar-refractivity contribution in [1.82, 2.24) is 25.4 Å². The molecule has 2 aliphatic rings. The van der Waals surface area contributed by atoms with Gasteiger partial charge in [0.05, 0.1) is 20.3 Å². The van der Waals surface area contributed by atoms with Crippen LogP contribution in [0.4, 0.5) is 0 Å². The molecule has 8 nitrogen and oxygen atoms in total. The summed E-state index contributed by atoms with van der Waals surface area (Å²) >= 11 is 0. The van der Waals surface area contributed by atoms with E-state index in [-0.39, 0.29) is 24.0 Å². The highest BCUT2D eigenvalue weighted by atomic mass is 127. The summed E-state index contributed by atoms with van der Waals surface area (Å²) < 4.78 is 10.8. The topological polar surface area (TPSA) is 87.7 Å². The molecule has 9 heteroatoms. The summed E-state index contributed by atoms with van der Waals surface area (Å²) in [6.07, 6.45) is 2.31. The maximum Gasteiger partial charge on any atom is 0.194 e. The predicted octanol–water partition coefficient (Wildman–Crippen LogP) is 2.29. The van der Waals surface area contributed by atoms with E-state index in [2.05, 4.69) is 30.4 Å². The van der Waals surface area contributed by atoms with Gasteiger partial charge in [0, 0.05) is 37.7 Å². The van der Waals surface area contributed by atoms with E-state index in [1.807, 2.05) is 31.3 Å². The Morgan fingerprint density at radius 3 is 2.86 bits per heavy atom. The highest BCUT2D eigenvalue weighted by molar-refractivity contribution is 14.0. The molecule has 0 bridgehead atoms. The van der Waals surface area contributed by atoms with Crippen molar-refractivity contribution in [3.05, 3.63) is 30.1 Å². The third-order valence-corrected chi connectivity index (χ3v) is 5.43. The maximum absolute atomic E-state index is 5.61. The fraction of sp³-hybridized carbons (Fsp3) is 0.526. The van der Waals surface area contributed by atoms with Gasteiger partial charge in [0.2, 0.25) is 0 Å². The minimum absolute atomic E-state index is 0. The molecule has 1 aromatic carbocycles. The van der Waals surface area contributed by atoms with Gasteiger partial charge >= 0.3 is 0 Å². The van der Waals surface area contributed by atoms with Crippen molar-refractivity contribution in [2.45, 2.75) is 19.4 Å². The highest BCUT2D eigenvalue weighted by Crippen LogP contribution is 2.38. The van der Waals surface area contributed by atoms with Gasteiger partial charge in [-0.15, -0.1) is 24.0 Å². The molecule has 3 heterocycles. The van der Waals surface area contributed by atoms with Gasteiger partial charge in [0.1, 0.15) is 11.6 Å². The van der Waals surface area contributed by atoms with Crippen LogP contribution in [0.1, 0.15) is 18.7 Å². The summed E-state index contributed by atoms with van der Waals surface area (Å²) in [6.45, 7) is 4.31. The lowest BCUT2D eigenvalue weighted by Crippen LogP contribution is -2.41. The second kappa shape index (κ2) is 9.08. The summed E-state index contributed by atoms with van der Waals surface area (Å²) in [6, 6.07) is 7.71. The van der Waals surface area contributed by atoms with Crippen LogP contribution in [-0.4, -0.2) is 66.5 Å². The Bertz CT molecular complexity index is 801. The van der Waals surface area contributed by atoms with Crippen molar-refractivity contribution >= 4 is 29.9 Å². The number of likely N-dealkylation sites (tertiary alicyclic amines) is 1. The Hall–Kier alpha value is -1.88. The van der Waals surface area contributed by atoms with E-state index in [4.69, 9.17) is 9.47 Å². The smallest absolute Gasteiger partial charge is 0.194 e. The Morgan fingerprint density at radius 1 is 1.36 bits per heavy atom. The van der Waals surface area contributed by atoms with Gasteiger partial charge in [-0.25, -0.2) is 4.98 Å². The number of guanidine groups is 1. The Kier molecular flexibility index (Phi) is 6.76. The number of H-pyrrole nitrogens is 1. The first-order valence-corrected chi connectivity index (χ1v) is 9.30. The average Bonchev–Trinajstić information content (AvgIpc) is 3.45. The zero-order valence-corrected chi connectivity index (χ0v) is 18.6. The summed E-state index contributed by atoms with van der Waals surface area (Å²) in [5, 5.41) is 10.7. The third kappa shape index (κ3) is 4.40. The van der Waals surface area contributed by atoms with E-state index in [0.29, 0.717) is 17.8 Å². The van der Waals surface area contributed by atoms with Gasteiger partial charge in [0.15, 0.2) is 11.8 Å². The predicted molar refractivity (Wildman–Crippen MR) is 118 cm³/mol. The van der Waals surface area contributed by atoms with Gasteiger partial charge in [-0.3, -0.25) is 10.1 Å². The number of aromatic nitrogens is 3. The molecule has 2 aliphatic heterocycles. The van der Waals surface area contributed by atoms with E-state index < -0.39 is 0 Å². The molecule has 4 rings (SSSR count). The van der Waals surface area contributed by atoms with Crippen LogP contribution in [0.2, 0.25) is 0 Å². The van der Waals surface area contributed by atoms with Crippen molar-refractivity contribution in [1.29, 1.82) is 0 Å². The second-order valence-corrected chi connectivity index (χ2v) is 7.21. The number of methoxy groups -OCH3 is 1. The lowest BCUT2D eigenvalue weighted by molar-refractivity contribution is 0.156. The number of hydrogen-bond donors (Lipinski definition) is 2. The molecule has 2 N–H and O–H groups in total. The SMILES string of the molecule is CN=C(NCc1nc(-c2ccc(OC)cc2)n[nH]1)N1CCC2(CCOC2)C1.I. The van der Waals surface area contributed by atoms with Crippen LogP contribution in [0.3, 0.4) is 0 Å². The molecule has 152 valence electrons. The van der Waals surface area contributed by atoms with E-state index in [1.54, 1.807) is 7.11 Å².